The van der Waals surface area contributed by atoms with Gasteiger partial charge in [0.05, 0.1) is 10.3 Å². The van der Waals surface area contributed by atoms with E-state index in [1.807, 2.05) is 0 Å². The molecular weight excluding hydrogens is 100 g/mol. The fourth-order valence-electron chi connectivity index (χ4n) is 0.0591. The van der Waals surface area contributed by atoms with Gasteiger partial charge in [0.15, 0.2) is 0 Å². The first-order valence-electron chi connectivity index (χ1n) is 1.20. The molecule has 0 saturated carbocycles. The normalized spacial score (nSPS) is 11.0. The molecule has 0 fully saturated rings. The first-order valence-corrected chi connectivity index (χ1v) is 2.74. The van der Waals surface area contributed by atoms with Gasteiger partial charge < -0.3 is 0 Å². The fraction of sp³-hybridized carbons (Fsp3) is 1.00. The monoisotopic (exact) mass is 104 g/mol. The van der Waals surface area contributed by atoms with Gasteiger partial charge >= 0.3 is 0 Å². The fourth-order valence-corrected chi connectivity index (χ4v) is 0.177. The maximum Gasteiger partial charge on any atom is 0.0663 e. The van der Waals surface area contributed by atoms with Crippen molar-refractivity contribution < 1.29 is 0 Å². The smallest absolute Gasteiger partial charge is 0.0663 e. The second-order valence-corrected chi connectivity index (χ2v) is 1.69. The number of rotatable bonds is 1. The quantitative estimate of drug-likeness (QED) is 0.388. The minimum Gasteiger partial charge on any atom is -0.184 e. The molecule has 0 amide bonds. The Balaban J connectivity index is 3.89. The third-order valence-electron chi connectivity index (χ3n) is 0.159. The molecular formula is CH4N4S. The Morgan fingerprint density at radius 3 is 2.33 bits per heavy atom. The average Bonchev–Trinajstić information content (AvgIpc) is 1.35. The molecule has 0 aliphatic rings. The van der Waals surface area contributed by atoms with Crippen LogP contribution in [0.1, 0.15) is 0 Å². The lowest BCUT2D eigenvalue weighted by Gasteiger charge is -1.56. The van der Waals surface area contributed by atoms with Crippen LogP contribution in [0.15, 0.2) is 9.69 Å². The van der Waals surface area contributed by atoms with Crippen molar-refractivity contribution in [2.75, 3.05) is 6.26 Å². The Bertz CT molecular complexity index is 149. The summed E-state index contributed by atoms with van der Waals surface area (Å²) in [5, 5.41) is 2.57. The largest absolute Gasteiger partial charge is 0.184 e. The van der Waals surface area contributed by atoms with Crippen LogP contribution < -0.4 is 0 Å². The Morgan fingerprint density at radius 2 is 2.33 bits per heavy atom. The van der Waals surface area contributed by atoms with Crippen molar-refractivity contribution >= 4 is 10.3 Å². The standard InChI is InChI=1S/CH4N4S/c1-6(3)5-4-2/h2H,1H3. The Kier molecular flexibility index (Phi) is 2.27. The van der Waals surface area contributed by atoms with Crippen LogP contribution in [0, 0.1) is 10.1 Å². The van der Waals surface area contributed by atoms with E-state index in [2.05, 4.69) is 9.69 Å². The first-order chi connectivity index (χ1) is 2.77. The molecule has 5 heteroatoms. The van der Waals surface area contributed by atoms with Crippen LogP contribution in [0.3, 0.4) is 0 Å². The third kappa shape index (κ3) is 3.33. The number of hydrogen-bond acceptors (Lipinski definition) is 2. The molecule has 0 radical (unpaired) electrons. The van der Waals surface area contributed by atoms with Gasteiger partial charge in [0.25, 0.3) is 0 Å². The summed E-state index contributed by atoms with van der Waals surface area (Å²) in [6, 6.07) is 0. The van der Waals surface area contributed by atoms with Gasteiger partial charge in [-0.25, -0.2) is 0 Å². The van der Waals surface area contributed by atoms with E-state index >= 15 is 0 Å². The summed E-state index contributed by atoms with van der Waals surface area (Å²) in [4.78, 5) is 0. The van der Waals surface area contributed by atoms with E-state index in [9.17, 15) is 0 Å². The zero-order valence-corrected chi connectivity index (χ0v) is 4.07. The summed E-state index contributed by atoms with van der Waals surface area (Å²) in [5.74, 6) is 0. The summed E-state index contributed by atoms with van der Waals surface area (Å²) in [7, 11) is -1.04. The molecule has 0 bridgehead atoms. The molecule has 0 aromatic carbocycles. The number of nitrogens with one attached hydrogen (secondary N) is 1. The van der Waals surface area contributed by atoms with Crippen LogP contribution >= 0.6 is 0 Å². The van der Waals surface area contributed by atoms with Gasteiger partial charge in [-0.05, 0) is 5.22 Å². The molecule has 0 aliphatic carbocycles. The molecule has 0 aromatic rings. The predicted molar refractivity (Wildman–Crippen MR) is 22.6 cm³/mol. The van der Waals surface area contributed by atoms with E-state index in [1.54, 1.807) is 0 Å². The maximum atomic E-state index is 8.20. The second kappa shape index (κ2) is 2.56. The first kappa shape index (κ1) is 5.33. The van der Waals surface area contributed by atoms with E-state index in [4.69, 9.17) is 10.1 Å². The molecule has 6 heavy (non-hydrogen) atoms. The highest BCUT2D eigenvalue weighted by Crippen LogP contribution is 1.64. The van der Waals surface area contributed by atoms with Crippen LogP contribution in [0.2, 0.25) is 0 Å². The van der Waals surface area contributed by atoms with Gasteiger partial charge in [0.2, 0.25) is 0 Å². The number of nitrogens with zero attached hydrogens (tertiary/aromatic N) is 3. The number of hydrogen-bond donors (Lipinski definition) is 1. The molecule has 0 spiro atoms. The molecule has 4 nitrogen and oxygen atoms in total. The van der Waals surface area contributed by atoms with Crippen molar-refractivity contribution in [3.05, 3.63) is 0 Å². The molecule has 0 rings (SSSR count). The van der Waals surface area contributed by atoms with Gasteiger partial charge in [0, 0.05) is 6.26 Å². The van der Waals surface area contributed by atoms with Gasteiger partial charge in [-0.3, -0.25) is 0 Å². The zero-order valence-electron chi connectivity index (χ0n) is 3.25. The SMILES string of the molecule is CS(#N)=NN=N. The summed E-state index contributed by atoms with van der Waals surface area (Å²) in [6.07, 6.45) is 1.46. The molecule has 0 aromatic heterocycles. The molecule has 0 atom stereocenters. The lowest BCUT2D eigenvalue weighted by atomic mass is 12.0. The minimum atomic E-state index is -1.04. The lowest BCUT2D eigenvalue weighted by Crippen LogP contribution is -1.51. The van der Waals surface area contributed by atoms with E-state index in [0.29, 0.717) is 0 Å². The summed E-state index contributed by atoms with van der Waals surface area (Å²) < 4.78 is 11.2. The Labute approximate surface area is 37.4 Å². The molecule has 34 valence electrons. The zero-order chi connectivity index (χ0) is 4.99. The molecule has 0 heterocycles. The minimum absolute atomic E-state index is 1.04. The summed E-state index contributed by atoms with van der Waals surface area (Å²) in [5.41, 5.74) is 6.04. The van der Waals surface area contributed by atoms with Crippen LogP contribution in [0.4, 0.5) is 0 Å². The molecule has 0 aliphatic heterocycles. The second-order valence-electron chi connectivity index (χ2n) is 0.628. The van der Waals surface area contributed by atoms with Gasteiger partial charge in [-0.1, -0.05) is 4.47 Å². The van der Waals surface area contributed by atoms with Crippen molar-refractivity contribution in [1.82, 2.24) is 0 Å². The van der Waals surface area contributed by atoms with E-state index in [0.717, 1.165) is 0 Å². The lowest BCUT2D eigenvalue weighted by molar-refractivity contribution is 1.01. The van der Waals surface area contributed by atoms with Crippen LogP contribution in [-0.4, -0.2) is 6.26 Å². The summed E-state index contributed by atoms with van der Waals surface area (Å²) >= 11 is 0. The van der Waals surface area contributed by atoms with Gasteiger partial charge in [0.1, 0.15) is 0 Å². The van der Waals surface area contributed by atoms with Crippen molar-refractivity contribution in [3.63, 3.8) is 0 Å². The van der Waals surface area contributed by atoms with Crippen molar-refractivity contribution in [2.24, 2.45) is 9.69 Å². The Morgan fingerprint density at radius 1 is 1.83 bits per heavy atom. The molecule has 0 unspecified atom stereocenters. The molecule has 0 saturated heterocycles. The highest BCUT2D eigenvalue weighted by Gasteiger charge is 1.54. The molecule has 1 N–H and O–H groups in total. The van der Waals surface area contributed by atoms with Crippen LogP contribution in [0.25, 0.3) is 0 Å². The average molecular weight is 104 g/mol. The highest BCUT2D eigenvalue weighted by atomic mass is 32.2. The van der Waals surface area contributed by atoms with Crippen molar-refractivity contribution in [2.45, 2.75) is 0 Å². The third-order valence-corrected chi connectivity index (χ3v) is 0.477. The van der Waals surface area contributed by atoms with Crippen molar-refractivity contribution in [1.29, 1.82) is 10.1 Å². The van der Waals surface area contributed by atoms with Crippen LogP contribution in [0.5, 0.6) is 0 Å². The van der Waals surface area contributed by atoms with E-state index < -0.39 is 10.3 Å². The van der Waals surface area contributed by atoms with Gasteiger partial charge in [-0.15, -0.1) is 0 Å². The van der Waals surface area contributed by atoms with Crippen molar-refractivity contribution in [3.8, 4) is 0 Å². The van der Waals surface area contributed by atoms with E-state index in [1.165, 1.54) is 6.26 Å². The van der Waals surface area contributed by atoms with Crippen LogP contribution in [-0.2, 0) is 10.3 Å². The van der Waals surface area contributed by atoms with E-state index in [-0.39, 0.29) is 0 Å². The topological polar surface area (TPSA) is 72.4 Å². The van der Waals surface area contributed by atoms with Gasteiger partial charge in [-0.2, -0.15) is 10.1 Å². The summed E-state index contributed by atoms with van der Waals surface area (Å²) in [6.45, 7) is 0. The maximum absolute atomic E-state index is 8.20. The highest BCUT2D eigenvalue weighted by molar-refractivity contribution is 7.72. The predicted octanol–water partition coefficient (Wildman–Crippen LogP) is 0.843. The Hall–Kier alpha value is -0.670.